The van der Waals surface area contributed by atoms with Crippen molar-refractivity contribution in [3.63, 3.8) is 0 Å². The Morgan fingerprint density at radius 3 is 2.19 bits per heavy atom. The van der Waals surface area contributed by atoms with Crippen LogP contribution in [0.1, 0.15) is 41.0 Å². The zero-order chi connectivity index (χ0) is 12.3. The van der Waals surface area contributed by atoms with Gasteiger partial charge < -0.3 is 10.5 Å². The molecule has 1 aliphatic rings. The zero-order valence-corrected chi connectivity index (χ0v) is 11.5. The van der Waals surface area contributed by atoms with Gasteiger partial charge in [-0.25, -0.2) is 0 Å². The highest BCUT2D eigenvalue weighted by atomic mass is 16.5. The van der Waals surface area contributed by atoms with Gasteiger partial charge >= 0.3 is 0 Å². The first-order valence-electron chi connectivity index (χ1n) is 6.48. The van der Waals surface area contributed by atoms with Crippen LogP contribution in [-0.2, 0) is 4.74 Å². The van der Waals surface area contributed by atoms with Crippen molar-refractivity contribution in [1.29, 1.82) is 0 Å². The SMILES string of the molecule is CC(C)CC(C)(CN)N1C[C@@H](C)O[C@@H](C)C1. The Bertz CT molecular complexity index is 210. The first kappa shape index (κ1) is 13.9. The smallest absolute Gasteiger partial charge is 0.0678 e. The molecule has 0 aromatic carbocycles. The van der Waals surface area contributed by atoms with E-state index in [2.05, 4.69) is 39.5 Å². The van der Waals surface area contributed by atoms with Gasteiger partial charge in [-0.2, -0.15) is 0 Å². The van der Waals surface area contributed by atoms with E-state index in [0.29, 0.717) is 18.1 Å². The molecule has 0 aliphatic carbocycles. The van der Waals surface area contributed by atoms with Crippen LogP contribution in [-0.4, -0.2) is 42.3 Å². The third kappa shape index (κ3) is 3.44. The van der Waals surface area contributed by atoms with Crippen molar-refractivity contribution >= 4 is 0 Å². The molecule has 1 heterocycles. The summed E-state index contributed by atoms with van der Waals surface area (Å²) in [6.07, 6.45) is 1.80. The Morgan fingerprint density at radius 1 is 1.31 bits per heavy atom. The molecule has 1 aliphatic heterocycles. The summed E-state index contributed by atoms with van der Waals surface area (Å²) in [6.45, 7) is 13.9. The monoisotopic (exact) mass is 228 g/mol. The molecule has 16 heavy (non-hydrogen) atoms. The van der Waals surface area contributed by atoms with E-state index in [9.17, 15) is 0 Å². The fourth-order valence-corrected chi connectivity index (χ4v) is 2.84. The van der Waals surface area contributed by atoms with Gasteiger partial charge in [0.2, 0.25) is 0 Å². The van der Waals surface area contributed by atoms with Gasteiger partial charge in [0.1, 0.15) is 0 Å². The highest BCUT2D eigenvalue weighted by molar-refractivity contribution is 4.91. The molecule has 0 aromatic heterocycles. The summed E-state index contributed by atoms with van der Waals surface area (Å²) in [4.78, 5) is 2.52. The average molecular weight is 228 g/mol. The van der Waals surface area contributed by atoms with Crippen LogP contribution in [0.15, 0.2) is 0 Å². The fourth-order valence-electron chi connectivity index (χ4n) is 2.84. The predicted octanol–water partition coefficient (Wildman–Crippen LogP) is 1.86. The van der Waals surface area contributed by atoms with Gasteiger partial charge in [0.05, 0.1) is 12.2 Å². The lowest BCUT2D eigenvalue weighted by molar-refractivity contribution is -0.101. The van der Waals surface area contributed by atoms with E-state index < -0.39 is 0 Å². The highest BCUT2D eigenvalue weighted by Crippen LogP contribution is 2.26. The van der Waals surface area contributed by atoms with Crippen molar-refractivity contribution in [2.75, 3.05) is 19.6 Å². The van der Waals surface area contributed by atoms with E-state index >= 15 is 0 Å². The minimum Gasteiger partial charge on any atom is -0.373 e. The largest absolute Gasteiger partial charge is 0.373 e. The zero-order valence-electron chi connectivity index (χ0n) is 11.5. The topological polar surface area (TPSA) is 38.5 Å². The van der Waals surface area contributed by atoms with Crippen molar-refractivity contribution in [3.8, 4) is 0 Å². The van der Waals surface area contributed by atoms with Crippen LogP contribution in [0.2, 0.25) is 0 Å². The molecular weight excluding hydrogens is 200 g/mol. The van der Waals surface area contributed by atoms with Crippen molar-refractivity contribution in [3.05, 3.63) is 0 Å². The summed E-state index contributed by atoms with van der Waals surface area (Å²) >= 11 is 0. The minimum absolute atomic E-state index is 0.125. The summed E-state index contributed by atoms with van der Waals surface area (Å²) in [5.41, 5.74) is 6.12. The maximum atomic E-state index is 5.99. The first-order chi connectivity index (χ1) is 7.37. The number of nitrogens with zero attached hydrogens (tertiary/aromatic N) is 1. The second-order valence-corrected chi connectivity index (χ2v) is 5.96. The van der Waals surface area contributed by atoms with Crippen LogP contribution in [0.3, 0.4) is 0 Å². The van der Waals surface area contributed by atoms with Crippen LogP contribution >= 0.6 is 0 Å². The molecule has 3 atom stereocenters. The standard InChI is InChI=1S/C13H28N2O/c1-10(2)6-13(5,9-14)15-7-11(3)16-12(4)8-15/h10-12H,6-9,14H2,1-5H3/t11-,12+,13?. The first-order valence-corrected chi connectivity index (χ1v) is 6.48. The van der Waals surface area contributed by atoms with Gasteiger partial charge in [0.15, 0.2) is 0 Å². The molecule has 3 heteroatoms. The van der Waals surface area contributed by atoms with Gasteiger partial charge in [-0.1, -0.05) is 13.8 Å². The van der Waals surface area contributed by atoms with E-state index in [0.717, 1.165) is 26.1 Å². The van der Waals surface area contributed by atoms with Gasteiger partial charge in [-0.15, -0.1) is 0 Å². The van der Waals surface area contributed by atoms with Crippen molar-refractivity contribution in [2.45, 2.75) is 58.8 Å². The summed E-state index contributed by atoms with van der Waals surface area (Å²) in [7, 11) is 0. The Kier molecular flexibility index (Phi) is 4.77. The second kappa shape index (κ2) is 5.48. The van der Waals surface area contributed by atoms with Gasteiger partial charge in [-0.3, -0.25) is 4.90 Å². The lowest BCUT2D eigenvalue weighted by Crippen LogP contribution is -2.59. The number of ether oxygens (including phenoxy) is 1. The summed E-state index contributed by atoms with van der Waals surface area (Å²) in [6, 6.07) is 0. The molecule has 0 radical (unpaired) electrons. The van der Waals surface area contributed by atoms with E-state index in [1.165, 1.54) is 0 Å². The maximum absolute atomic E-state index is 5.99. The highest BCUT2D eigenvalue weighted by Gasteiger charge is 2.35. The number of morpholine rings is 1. The summed E-state index contributed by atoms with van der Waals surface area (Å²) < 4.78 is 5.78. The Morgan fingerprint density at radius 2 is 1.81 bits per heavy atom. The van der Waals surface area contributed by atoms with E-state index in [1.807, 2.05) is 0 Å². The van der Waals surface area contributed by atoms with Crippen LogP contribution in [0.25, 0.3) is 0 Å². The van der Waals surface area contributed by atoms with Crippen molar-refractivity contribution in [2.24, 2.45) is 11.7 Å². The van der Waals surface area contributed by atoms with Crippen molar-refractivity contribution in [1.82, 2.24) is 4.90 Å². The number of hydrogen-bond donors (Lipinski definition) is 1. The van der Waals surface area contributed by atoms with E-state index in [-0.39, 0.29) is 5.54 Å². The molecule has 0 bridgehead atoms. The molecule has 0 amide bonds. The molecule has 1 fully saturated rings. The third-order valence-corrected chi connectivity index (χ3v) is 3.47. The Labute approximate surface area is 100 Å². The minimum atomic E-state index is 0.125. The molecule has 1 rings (SSSR count). The van der Waals surface area contributed by atoms with E-state index in [1.54, 1.807) is 0 Å². The average Bonchev–Trinajstić information content (AvgIpc) is 2.15. The van der Waals surface area contributed by atoms with Gasteiger partial charge in [0.25, 0.3) is 0 Å². The fraction of sp³-hybridized carbons (Fsp3) is 1.00. The van der Waals surface area contributed by atoms with Crippen molar-refractivity contribution < 1.29 is 4.74 Å². The predicted molar refractivity (Wildman–Crippen MR) is 68.5 cm³/mol. The second-order valence-electron chi connectivity index (χ2n) is 5.96. The molecule has 96 valence electrons. The molecule has 0 spiro atoms. The Hall–Kier alpha value is -0.120. The lowest BCUT2D eigenvalue weighted by Gasteiger charge is -2.47. The molecule has 3 nitrogen and oxygen atoms in total. The molecule has 0 aromatic rings. The summed E-state index contributed by atoms with van der Waals surface area (Å²) in [5.74, 6) is 0.682. The molecule has 1 unspecified atom stereocenters. The van der Waals surface area contributed by atoms with Crippen LogP contribution in [0, 0.1) is 5.92 Å². The number of hydrogen-bond acceptors (Lipinski definition) is 3. The Balaban J connectivity index is 2.70. The molecule has 0 saturated carbocycles. The lowest BCUT2D eigenvalue weighted by atomic mass is 9.88. The molecular formula is C13H28N2O. The van der Waals surface area contributed by atoms with Gasteiger partial charge in [0, 0.05) is 25.2 Å². The molecule has 2 N–H and O–H groups in total. The normalized spacial score (nSPS) is 31.7. The van der Waals surface area contributed by atoms with Crippen LogP contribution < -0.4 is 5.73 Å². The van der Waals surface area contributed by atoms with Gasteiger partial charge in [-0.05, 0) is 33.1 Å². The number of rotatable bonds is 4. The van der Waals surface area contributed by atoms with Crippen LogP contribution in [0.4, 0.5) is 0 Å². The summed E-state index contributed by atoms with van der Waals surface area (Å²) in [5, 5.41) is 0. The molecule has 1 saturated heterocycles. The van der Waals surface area contributed by atoms with E-state index in [4.69, 9.17) is 10.5 Å². The van der Waals surface area contributed by atoms with Crippen LogP contribution in [0.5, 0.6) is 0 Å². The quantitative estimate of drug-likeness (QED) is 0.798. The number of nitrogens with two attached hydrogens (primary N) is 1. The third-order valence-electron chi connectivity index (χ3n) is 3.47. The maximum Gasteiger partial charge on any atom is 0.0678 e.